The lowest BCUT2D eigenvalue weighted by atomic mass is 10.2. The third kappa shape index (κ3) is 4.74. The van der Waals surface area contributed by atoms with Crippen LogP contribution in [0.1, 0.15) is 26.3 Å². The standard InChI is InChI=1S/C25H31SSi/c1-4-27(5-2,6-3)21-22-17-19-25(20-18-22)26(23-13-9-7-10-14-23)24-15-11-8-12-16-24/h7-20H,4-6,21H2,1-3H3/q+1. The molecule has 0 saturated heterocycles. The zero-order valence-electron chi connectivity index (χ0n) is 16.8. The molecule has 0 aromatic heterocycles. The molecule has 140 valence electrons. The van der Waals surface area contributed by atoms with E-state index in [1.165, 1.54) is 44.4 Å². The van der Waals surface area contributed by atoms with E-state index in [9.17, 15) is 0 Å². The summed E-state index contributed by atoms with van der Waals surface area (Å²) in [5, 5.41) is 0. The maximum absolute atomic E-state index is 2.40. The summed E-state index contributed by atoms with van der Waals surface area (Å²) in [6.45, 7) is 7.20. The van der Waals surface area contributed by atoms with Gasteiger partial charge in [-0.1, -0.05) is 93.0 Å². The molecule has 0 amide bonds. The summed E-state index contributed by atoms with van der Waals surface area (Å²) >= 11 is 0. The monoisotopic (exact) mass is 391 g/mol. The maximum Gasteiger partial charge on any atom is 0.166 e. The normalized spacial score (nSPS) is 11.7. The Hall–Kier alpha value is -1.77. The molecule has 3 aromatic carbocycles. The van der Waals surface area contributed by atoms with E-state index < -0.39 is 8.07 Å². The maximum atomic E-state index is 2.40. The van der Waals surface area contributed by atoms with Crippen LogP contribution in [0.3, 0.4) is 0 Å². The van der Waals surface area contributed by atoms with E-state index >= 15 is 0 Å². The molecule has 2 heteroatoms. The molecular weight excluding hydrogens is 360 g/mol. The van der Waals surface area contributed by atoms with Crippen LogP contribution >= 0.6 is 0 Å². The van der Waals surface area contributed by atoms with Crippen molar-refractivity contribution >= 4 is 19.0 Å². The molecule has 0 bridgehead atoms. The minimum atomic E-state index is -1.13. The van der Waals surface area contributed by atoms with E-state index in [1.54, 1.807) is 0 Å². The van der Waals surface area contributed by atoms with E-state index in [1.807, 2.05) is 0 Å². The van der Waals surface area contributed by atoms with Crippen molar-refractivity contribution in [3.8, 4) is 0 Å². The summed E-state index contributed by atoms with van der Waals surface area (Å²) < 4.78 is 0. The van der Waals surface area contributed by atoms with Crippen molar-refractivity contribution in [1.29, 1.82) is 0 Å². The summed E-state index contributed by atoms with van der Waals surface area (Å²) in [5.41, 5.74) is 1.53. The highest BCUT2D eigenvalue weighted by atomic mass is 32.2. The highest BCUT2D eigenvalue weighted by molar-refractivity contribution is 7.97. The molecule has 0 radical (unpaired) electrons. The van der Waals surface area contributed by atoms with E-state index in [0.717, 1.165) is 0 Å². The fourth-order valence-electron chi connectivity index (χ4n) is 3.82. The van der Waals surface area contributed by atoms with Crippen molar-refractivity contribution in [2.45, 2.75) is 59.6 Å². The van der Waals surface area contributed by atoms with Gasteiger partial charge in [-0.3, -0.25) is 0 Å². The Kier molecular flexibility index (Phi) is 6.98. The predicted molar refractivity (Wildman–Crippen MR) is 122 cm³/mol. The Morgan fingerprint density at radius 3 is 1.37 bits per heavy atom. The second kappa shape index (κ2) is 9.43. The first-order valence-corrected chi connectivity index (χ1v) is 14.2. The second-order valence-corrected chi connectivity index (χ2v) is 14.8. The fourth-order valence-corrected chi connectivity index (χ4v) is 9.26. The number of rotatable bonds is 8. The third-order valence-corrected chi connectivity index (χ3v) is 13.8. The van der Waals surface area contributed by atoms with Crippen LogP contribution in [0.5, 0.6) is 0 Å². The predicted octanol–water partition coefficient (Wildman–Crippen LogP) is 7.37. The third-order valence-electron chi connectivity index (χ3n) is 5.95. The molecule has 0 spiro atoms. The van der Waals surface area contributed by atoms with Gasteiger partial charge in [0.05, 0.1) is 19.0 Å². The van der Waals surface area contributed by atoms with Crippen molar-refractivity contribution in [2.75, 3.05) is 0 Å². The minimum absolute atomic E-state index is 0.0401. The quantitative estimate of drug-likeness (QED) is 0.278. The summed E-state index contributed by atoms with van der Waals surface area (Å²) in [6, 6.07) is 36.8. The number of hydrogen-bond donors (Lipinski definition) is 0. The van der Waals surface area contributed by atoms with E-state index in [0.29, 0.717) is 0 Å². The Morgan fingerprint density at radius 2 is 0.963 bits per heavy atom. The lowest BCUT2D eigenvalue weighted by Gasteiger charge is -2.28. The van der Waals surface area contributed by atoms with Crippen LogP contribution in [0.4, 0.5) is 0 Å². The summed E-state index contributed by atoms with van der Waals surface area (Å²) in [5.74, 6) is 0. The van der Waals surface area contributed by atoms with Crippen LogP contribution in [0, 0.1) is 0 Å². The molecule has 27 heavy (non-hydrogen) atoms. The van der Waals surface area contributed by atoms with Crippen molar-refractivity contribution in [2.24, 2.45) is 0 Å². The van der Waals surface area contributed by atoms with Gasteiger partial charge in [-0.25, -0.2) is 0 Å². The molecule has 0 fully saturated rings. The molecule has 0 aliphatic heterocycles. The van der Waals surface area contributed by atoms with Crippen LogP contribution in [-0.2, 0) is 16.9 Å². The van der Waals surface area contributed by atoms with Crippen molar-refractivity contribution < 1.29 is 0 Å². The first kappa shape index (κ1) is 20.0. The SMILES string of the molecule is CC[Si](CC)(CC)Cc1ccc([S+](c2ccccc2)c2ccccc2)cc1. The molecule has 0 aliphatic carbocycles. The Bertz CT molecular complexity index is 760. The van der Waals surface area contributed by atoms with Gasteiger partial charge < -0.3 is 0 Å². The smallest absolute Gasteiger partial charge is 0.0678 e. The van der Waals surface area contributed by atoms with Gasteiger partial charge in [-0.2, -0.15) is 0 Å². The highest BCUT2D eigenvalue weighted by Gasteiger charge is 2.29. The number of benzene rings is 3. The molecule has 0 atom stereocenters. The van der Waals surface area contributed by atoms with Gasteiger partial charge in [0.15, 0.2) is 14.7 Å². The fraction of sp³-hybridized carbons (Fsp3) is 0.280. The molecule has 3 rings (SSSR count). The minimum Gasteiger partial charge on any atom is -0.0678 e. The van der Waals surface area contributed by atoms with Crippen LogP contribution in [0.25, 0.3) is 0 Å². The zero-order valence-corrected chi connectivity index (χ0v) is 18.6. The van der Waals surface area contributed by atoms with Gasteiger partial charge in [-0.15, -0.1) is 0 Å². The lowest BCUT2D eigenvalue weighted by Crippen LogP contribution is -2.34. The van der Waals surface area contributed by atoms with Crippen molar-refractivity contribution in [3.63, 3.8) is 0 Å². The van der Waals surface area contributed by atoms with Gasteiger partial charge in [0.25, 0.3) is 0 Å². The first-order chi connectivity index (χ1) is 13.2. The molecule has 0 heterocycles. The molecule has 0 unspecified atom stereocenters. The van der Waals surface area contributed by atoms with Gasteiger partial charge in [0.1, 0.15) is 0 Å². The van der Waals surface area contributed by atoms with E-state index in [4.69, 9.17) is 0 Å². The van der Waals surface area contributed by atoms with Crippen LogP contribution in [-0.4, -0.2) is 8.07 Å². The van der Waals surface area contributed by atoms with E-state index in [-0.39, 0.29) is 10.9 Å². The number of hydrogen-bond acceptors (Lipinski definition) is 0. The average molecular weight is 392 g/mol. The zero-order chi connectivity index (χ0) is 19.1. The van der Waals surface area contributed by atoms with Crippen LogP contribution in [0.2, 0.25) is 18.1 Å². The molecule has 0 N–H and O–H groups in total. The lowest BCUT2D eigenvalue weighted by molar-refractivity contribution is 1.10. The molecule has 0 nitrogen and oxygen atoms in total. The van der Waals surface area contributed by atoms with E-state index in [2.05, 4.69) is 106 Å². The van der Waals surface area contributed by atoms with Crippen LogP contribution in [0.15, 0.2) is 99.6 Å². The highest BCUT2D eigenvalue weighted by Crippen LogP contribution is 2.32. The molecular formula is C25H31SSi+. The largest absolute Gasteiger partial charge is 0.166 e. The van der Waals surface area contributed by atoms with Gasteiger partial charge in [0, 0.05) is 0 Å². The average Bonchev–Trinajstić information content (AvgIpc) is 2.75. The van der Waals surface area contributed by atoms with Crippen molar-refractivity contribution in [1.82, 2.24) is 0 Å². The topological polar surface area (TPSA) is 0 Å². The molecule has 3 aromatic rings. The Labute approximate surface area is 169 Å². The van der Waals surface area contributed by atoms with Crippen LogP contribution < -0.4 is 0 Å². The summed E-state index contributed by atoms with van der Waals surface area (Å²) in [6.07, 6.45) is 0. The second-order valence-electron chi connectivity index (χ2n) is 7.31. The summed E-state index contributed by atoms with van der Waals surface area (Å²) in [7, 11) is -1.17. The Balaban J connectivity index is 1.93. The van der Waals surface area contributed by atoms with Crippen molar-refractivity contribution in [3.05, 3.63) is 90.5 Å². The molecule has 0 saturated carbocycles. The van der Waals surface area contributed by atoms with Gasteiger partial charge in [0.2, 0.25) is 0 Å². The molecule has 0 aliphatic rings. The summed E-state index contributed by atoms with van der Waals surface area (Å²) in [4.78, 5) is 4.18. The van der Waals surface area contributed by atoms with Gasteiger partial charge in [-0.05, 0) is 42.4 Å². The van der Waals surface area contributed by atoms with Gasteiger partial charge >= 0.3 is 0 Å². The Morgan fingerprint density at radius 1 is 0.556 bits per heavy atom. The first-order valence-electron chi connectivity index (χ1n) is 10.1.